The van der Waals surface area contributed by atoms with Crippen LogP contribution in [0, 0.1) is 0 Å². The quantitative estimate of drug-likeness (QED) is 0.481. The van der Waals surface area contributed by atoms with Crippen molar-refractivity contribution in [2.45, 2.75) is 13.8 Å². The zero-order valence-electron chi connectivity index (χ0n) is 8.13. The first-order chi connectivity index (χ1) is 5.61. The molecule has 4 heteroatoms. The topological polar surface area (TPSA) is 40.6 Å². The Labute approximate surface area is 73.1 Å². The maximum absolute atomic E-state index is 10.9. The van der Waals surface area contributed by atoms with Gasteiger partial charge in [-0.3, -0.25) is 19.4 Å². The maximum Gasteiger partial charge on any atom is 0.243 e. The molecular formula is C8H16N2O2. The SMILES string of the molecule is CC.CN1CC(=O)N(C)C(=O)C1. The molecule has 12 heavy (non-hydrogen) atoms. The third-order valence-corrected chi connectivity index (χ3v) is 1.56. The summed E-state index contributed by atoms with van der Waals surface area (Å²) in [5.41, 5.74) is 0. The van der Waals surface area contributed by atoms with E-state index in [9.17, 15) is 9.59 Å². The molecule has 70 valence electrons. The van der Waals surface area contributed by atoms with E-state index in [1.807, 2.05) is 13.8 Å². The molecule has 0 bridgehead atoms. The molecule has 0 aliphatic carbocycles. The molecular weight excluding hydrogens is 156 g/mol. The molecule has 1 aliphatic heterocycles. The molecule has 1 rings (SSSR count). The summed E-state index contributed by atoms with van der Waals surface area (Å²) in [5.74, 6) is -0.252. The van der Waals surface area contributed by atoms with Crippen LogP contribution < -0.4 is 0 Å². The predicted octanol–water partition coefficient (Wildman–Crippen LogP) is -0.0570. The highest BCUT2D eigenvalue weighted by Crippen LogP contribution is 1.98. The molecule has 0 N–H and O–H groups in total. The summed E-state index contributed by atoms with van der Waals surface area (Å²) >= 11 is 0. The summed E-state index contributed by atoms with van der Waals surface area (Å²) in [4.78, 5) is 24.6. The van der Waals surface area contributed by atoms with Crippen molar-refractivity contribution in [3.05, 3.63) is 0 Å². The molecule has 0 atom stereocenters. The van der Waals surface area contributed by atoms with Crippen LogP contribution in [0.4, 0.5) is 0 Å². The van der Waals surface area contributed by atoms with Crippen LogP contribution in [-0.4, -0.2) is 48.8 Å². The maximum atomic E-state index is 10.9. The van der Waals surface area contributed by atoms with E-state index in [1.54, 1.807) is 11.9 Å². The lowest BCUT2D eigenvalue weighted by atomic mass is 10.3. The summed E-state index contributed by atoms with van der Waals surface area (Å²) < 4.78 is 0. The summed E-state index contributed by atoms with van der Waals surface area (Å²) in [5, 5.41) is 0. The van der Waals surface area contributed by atoms with Gasteiger partial charge < -0.3 is 0 Å². The fourth-order valence-corrected chi connectivity index (χ4v) is 0.869. The van der Waals surface area contributed by atoms with Gasteiger partial charge in [-0.1, -0.05) is 13.8 Å². The number of hydrogen-bond donors (Lipinski definition) is 0. The fraction of sp³-hybridized carbons (Fsp3) is 0.750. The molecule has 1 fully saturated rings. The molecule has 0 unspecified atom stereocenters. The second-order valence-corrected chi connectivity index (χ2v) is 2.52. The van der Waals surface area contributed by atoms with E-state index >= 15 is 0 Å². The smallest absolute Gasteiger partial charge is 0.243 e. The molecule has 0 saturated carbocycles. The van der Waals surface area contributed by atoms with Gasteiger partial charge in [0.1, 0.15) is 0 Å². The van der Waals surface area contributed by atoms with Crippen molar-refractivity contribution >= 4 is 11.8 Å². The average molecular weight is 172 g/mol. The summed E-state index contributed by atoms with van der Waals surface area (Å²) in [6.07, 6.45) is 0. The number of likely N-dealkylation sites (N-methyl/N-ethyl adjacent to an activating group) is 2. The van der Waals surface area contributed by atoms with Gasteiger partial charge in [0, 0.05) is 7.05 Å². The van der Waals surface area contributed by atoms with Gasteiger partial charge in [-0.05, 0) is 7.05 Å². The van der Waals surface area contributed by atoms with Crippen molar-refractivity contribution in [1.82, 2.24) is 9.80 Å². The zero-order chi connectivity index (χ0) is 9.72. The van der Waals surface area contributed by atoms with Gasteiger partial charge in [-0.15, -0.1) is 0 Å². The Kier molecular flexibility index (Phi) is 4.51. The summed E-state index contributed by atoms with van der Waals surface area (Å²) in [6.45, 7) is 4.70. The Morgan fingerprint density at radius 3 is 1.67 bits per heavy atom. The standard InChI is InChI=1S/C6H10N2O2.C2H6/c1-7-3-5(9)8(2)6(10)4-7;1-2/h3-4H2,1-2H3;1-2H3. The average Bonchev–Trinajstić information content (AvgIpc) is 2.04. The van der Waals surface area contributed by atoms with Crippen LogP contribution in [0.1, 0.15) is 13.8 Å². The number of amides is 2. The number of nitrogens with zero attached hydrogens (tertiary/aromatic N) is 2. The molecule has 0 aromatic heterocycles. The van der Waals surface area contributed by atoms with Crippen LogP contribution in [0.5, 0.6) is 0 Å². The lowest BCUT2D eigenvalue weighted by Gasteiger charge is -2.26. The van der Waals surface area contributed by atoms with E-state index in [2.05, 4.69) is 0 Å². The van der Waals surface area contributed by atoms with E-state index in [0.717, 1.165) is 0 Å². The van der Waals surface area contributed by atoms with Crippen LogP contribution in [-0.2, 0) is 9.59 Å². The third kappa shape index (κ3) is 2.62. The van der Waals surface area contributed by atoms with Crippen molar-refractivity contribution in [3.8, 4) is 0 Å². The van der Waals surface area contributed by atoms with E-state index in [-0.39, 0.29) is 11.8 Å². The van der Waals surface area contributed by atoms with Gasteiger partial charge in [0.15, 0.2) is 0 Å². The first-order valence-electron chi connectivity index (χ1n) is 4.09. The minimum absolute atomic E-state index is 0.126. The van der Waals surface area contributed by atoms with Crippen LogP contribution in [0.2, 0.25) is 0 Å². The molecule has 0 aromatic rings. The van der Waals surface area contributed by atoms with Gasteiger partial charge >= 0.3 is 0 Å². The molecule has 4 nitrogen and oxygen atoms in total. The Balaban J connectivity index is 0.000000561. The summed E-state index contributed by atoms with van der Waals surface area (Å²) in [6, 6.07) is 0. The second-order valence-electron chi connectivity index (χ2n) is 2.52. The van der Waals surface area contributed by atoms with Crippen molar-refractivity contribution in [2.75, 3.05) is 27.2 Å². The molecule has 1 saturated heterocycles. The van der Waals surface area contributed by atoms with E-state index in [4.69, 9.17) is 0 Å². The normalized spacial score (nSPS) is 18.8. The first kappa shape index (κ1) is 11.1. The molecule has 1 heterocycles. The fourth-order valence-electron chi connectivity index (χ4n) is 0.869. The minimum Gasteiger partial charge on any atom is -0.289 e. The highest BCUT2D eigenvalue weighted by atomic mass is 16.2. The second kappa shape index (κ2) is 4.87. The monoisotopic (exact) mass is 172 g/mol. The minimum atomic E-state index is -0.126. The molecule has 1 aliphatic rings. The van der Waals surface area contributed by atoms with Crippen molar-refractivity contribution in [1.29, 1.82) is 0 Å². The number of rotatable bonds is 0. The van der Waals surface area contributed by atoms with Crippen LogP contribution in [0.3, 0.4) is 0 Å². The van der Waals surface area contributed by atoms with Crippen molar-refractivity contribution in [3.63, 3.8) is 0 Å². The predicted molar refractivity (Wildman–Crippen MR) is 46.6 cm³/mol. The van der Waals surface area contributed by atoms with E-state index < -0.39 is 0 Å². The first-order valence-corrected chi connectivity index (χ1v) is 4.09. The van der Waals surface area contributed by atoms with Gasteiger partial charge in [-0.2, -0.15) is 0 Å². The highest BCUT2D eigenvalue weighted by molar-refractivity contribution is 5.98. The number of carbonyl (C=O) groups excluding carboxylic acids is 2. The van der Waals surface area contributed by atoms with Gasteiger partial charge in [0.05, 0.1) is 13.1 Å². The number of hydrogen-bond acceptors (Lipinski definition) is 3. The Morgan fingerprint density at radius 2 is 1.33 bits per heavy atom. The van der Waals surface area contributed by atoms with Crippen molar-refractivity contribution < 1.29 is 9.59 Å². The zero-order valence-corrected chi connectivity index (χ0v) is 8.13. The lowest BCUT2D eigenvalue weighted by molar-refractivity contribution is -0.148. The Hall–Kier alpha value is -0.900. The Bertz CT molecular complexity index is 162. The van der Waals surface area contributed by atoms with Gasteiger partial charge in [-0.25, -0.2) is 0 Å². The van der Waals surface area contributed by atoms with Crippen molar-refractivity contribution in [2.24, 2.45) is 0 Å². The number of piperazine rings is 1. The lowest BCUT2D eigenvalue weighted by Crippen LogP contribution is -2.50. The van der Waals surface area contributed by atoms with Gasteiger partial charge in [0.2, 0.25) is 11.8 Å². The number of imide groups is 1. The molecule has 0 spiro atoms. The van der Waals surface area contributed by atoms with E-state index in [1.165, 1.54) is 11.9 Å². The highest BCUT2D eigenvalue weighted by Gasteiger charge is 2.24. The number of carbonyl (C=O) groups is 2. The van der Waals surface area contributed by atoms with Crippen LogP contribution in [0.15, 0.2) is 0 Å². The molecule has 2 amide bonds. The molecule has 0 radical (unpaired) electrons. The Morgan fingerprint density at radius 1 is 1.00 bits per heavy atom. The summed E-state index contributed by atoms with van der Waals surface area (Å²) in [7, 11) is 3.26. The van der Waals surface area contributed by atoms with E-state index in [0.29, 0.717) is 13.1 Å². The van der Waals surface area contributed by atoms with Gasteiger partial charge in [0.25, 0.3) is 0 Å². The third-order valence-electron chi connectivity index (χ3n) is 1.56. The van der Waals surface area contributed by atoms with Crippen LogP contribution in [0.25, 0.3) is 0 Å². The molecule has 0 aromatic carbocycles. The largest absolute Gasteiger partial charge is 0.289 e. The van der Waals surface area contributed by atoms with Crippen LogP contribution >= 0.6 is 0 Å².